The Balaban J connectivity index is 1.86. The molecule has 0 fully saturated rings. The molecule has 1 aliphatic rings. The Morgan fingerprint density at radius 2 is 1.89 bits per heavy atom. The van der Waals surface area contributed by atoms with Crippen LogP contribution in [0.1, 0.15) is 55.0 Å². The monoisotopic (exact) mass is 362 g/mol. The van der Waals surface area contributed by atoms with Gasteiger partial charge in [0.25, 0.3) is 5.91 Å². The molecule has 0 bridgehead atoms. The summed E-state index contributed by atoms with van der Waals surface area (Å²) in [5.41, 5.74) is 4.00. The number of hydrogen-bond acceptors (Lipinski definition) is 3. The van der Waals surface area contributed by atoms with Gasteiger partial charge >= 0.3 is 0 Å². The number of carbonyl (C=O) groups excluding carboxylic acids is 1. The van der Waals surface area contributed by atoms with Crippen LogP contribution >= 0.6 is 0 Å². The minimum atomic E-state index is -0.0139. The number of pyridine rings is 1. The number of fused-ring (bicyclic) bond motifs is 3. The Morgan fingerprint density at radius 3 is 2.63 bits per heavy atom. The predicted octanol–water partition coefficient (Wildman–Crippen LogP) is 4.52. The fourth-order valence-electron chi connectivity index (χ4n) is 3.95. The van der Waals surface area contributed by atoms with Gasteiger partial charge in [-0.15, -0.1) is 0 Å². The zero-order valence-corrected chi connectivity index (χ0v) is 16.3. The van der Waals surface area contributed by atoms with E-state index in [1.165, 1.54) is 6.42 Å². The number of rotatable bonds is 3. The van der Waals surface area contributed by atoms with Gasteiger partial charge in [-0.3, -0.25) is 4.79 Å². The Hall–Kier alpha value is -2.69. The summed E-state index contributed by atoms with van der Waals surface area (Å²) in [5.74, 6) is 1.05. The number of anilines is 1. The molecule has 27 heavy (non-hydrogen) atoms. The molecule has 5 heteroatoms. The van der Waals surface area contributed by atoms with Gasteiger partial charge in [0.15, 0.2) is 5.65 Å². The normalized spacial score (nSPS) is 14.2. The molecule has 3 heterocycles. The van der Waals surface area contributed by atoms with Gasteiger partial charge in [-0.1, -0.05) is 24.6 Å². The van der Waals surface area contributed by atoms with E-state index in [1.807, 2.05) is 62.1 Å². The molecule has 3 aromatic rings. The van der Waals surface area contributed by atoms with Crippen molar-refractivity contribution >= 4 is 22.8 Å². The van der Waals surface area contributed by atoms with E-state index in [9.17, 15) is 4.79 Å². The Labute approximate surface area is 160 Å². The van der Waals surface area contributed by atoms with Crippen LogP contribution in [0.25, 0.3) is 11.2 Å². The standard InChI is InChI=1S/C22H26N4O/c1-15(2)26(17-10-6-4-7-11-17)22(27)18-14-16(3)23-21-20(18)24-19-12-8-5-9-13-25(19)21/h4,6-7,10-11,14-15H,5,8-9,12-13H2,1-3H3. The van der Waals surface area contributed by atoms with Crippen LogP contribution in [0.2, 0.25) is 0 Å². The second-order valence-corrected chi connectivity index (χ2v) is 7.58. The fraction of sp³-hybridized carbons (Fsp3) is 0.409. The van der Waals surface area contributed by atoms with Gasteiger partial charge in [-0.05, 0) is 51.8 Å². The van der Waals surface area contributed by atoms with E-state index >= 15 is 0 Å². The van der Waals surface area contributed by atoms with Crippen LogP contribution in [0.15, 0.2) is 36.4 Å². The third-order valence-electron chi connectivity index (χ3n) is 5.19. The highest BCUT2D eigenvalue weighted by molar-refractivity contribution is 6.12. The molecule has 0 unspecified atom stereocenters. The number of amides is 1. The summed E-state index contributed by atoms with van der Waals surface area (Å²) >= 11 is 0. The molecule has 0 saturated carbocycles. The van der Waals surface area contributed by atoms with Crippen molar-refractivity contribution in [1.82, 2.24) is 14.5 Å². The number of aryl methyl sites for hydroxylation is 3. The lowest BCUT2D eigenvalue weighted by Gasteiger charge is -2.27. The molecule has 0 radical (unpaired) electrons. The largest absolute Gasteiger partial charge is 0.313 e. The first-order valence-corrected chi connectivity index (χ1v) is 9.81. The SMILES string of the molecule is Cc1cc(C(=O)N(c2ccccc2)C(C)C)c2nc3n(c2n1)CCCCC3. The highest BCUT2D eigenvalue weighted by Crippen LogP contribution is 2.27. The molecule has 5 nitrogen and oxygen atoms in total. The molecule has 1 amide bonds. The second kappa shape index (κ2) is 7.14. The molecular formula is C22H26N4O. The van der Waals surface area contributed by atoms with Crippen LogP contribution in [-0.2, 0) is 13.0 Å². The van der Waals surface area contributed by atoms with Gasteiger partial charge in [0.05, 0.1) is 5.56 Å². The summed E-state index contributed by atoms with van der Waals surface area (Å²) in [6.45, 7) is 6.97. The topological polar surface area (TPSA) is 51.0 Å². The van der Waals surface area contributed by atoms with Gasteiger partial charge in [-0.25, -0.2) is 9.97 Å². The van der Waals surface area contributed by atoms with Crippen LogP contribution < -0.4 is 4.90 Å². The summed E-state index contributed by atoms with van der Waals surface area (Å²) in [6.07, 6.45) is 4.46. The molecule has 1 aliphatic heterocycles. The van der Waals surface area contributed by atoms with Crippen molar-refractivity contribution in [1.29, 1.82) is 0 Å². The maximum absolute atomic E-state index is 13.6. The van der Waals surface area contributed by atoms with E-state index in [1.54, 1.807) is 0 Å². The molecular weight excluding hydrogens is 336 g/mol. The zero-order valence-electron chi connectivity index (χ0n) is 16.3. The maximum Gasteiger partial charge on any atom is 0.260 e. The number of imidazole rings is 1. The van der Waals surface area contributed by atoms with Crippen molar-refractivity contribution in [2.45, 2.75) is 59.0 Å². The summed E-state index contributed by atoms with van der Waals surface area (Å²) in [5, 5.41) is 0. The minimum absolute atomic E-state index is 0.0139. The van der Waals surface area contributed by atoms with Crippen molar-refractivity contribution < 1.29 is 4.79 Å². The number of carbonyl (C=O) groups is 1. The first kappa shape index (κ1) is 17.7. The molecule has 1 aromatic carbocycles. The minimum Gasteiger partial charge on any atom is -0.313 e. The van der Waals surface area contributed by atoms with E-state index in [4.69, 9.17) is 9.97 Å². The highest BCUT2D eigenvalue weighted by atomic mass is 16.2. The lowest BCUT2D eigenvalue weighted by molar-refractivity contribution is 0.0981. The molecule has 140 valence electrons. The van der Waals surface area contributed by atoms with Crippen molar-refractivity contribution in [2.75, 3.05) is 4.90 Å². The van der Waals surface area contributed by atoms with Crippen LogP contribution in [0.4, 0.5) is 5.69 Å². The second-order valence-electron chi connectivity index (χ2n) is 7.58. The van der Waals surface area contributed by atoms with Crippen LogP contribution in [0.5, 0.6) is 0 Å². The van der Waals surface area contributed by atoms with E-state index in [0.717, 1.165) is 54.2 Å². The van der Waals surface area contributed by atoms with Gasteiger partial charge in [0.1, 0.15) is 11.3 Å². The highest BCUT2D eigenvalue weighted by Gasteiger charge is 2.26. The fourth-order valence-corrected chi connectivity index (χ4v) is 3.95. The van der Waals surface area contributed by atoms with E-state index < -0.39 is 0 Å². The quantitative estimate of drug-likeness (QED) is 0.688. The van der Waals surface area contributed by atoms with Crippen LogP contribution in [-0.4, -0.2) is 26.5 Å². The third-order valence-corrected chi connectivity index (χ3v) is 5.19. The smallest absolute Gasteiger partial charge is 0.260 e. The van der Waals surface area contributed by atoms with E-state index in [2.05, 4.69) is 4.57 Å². The average Bonchev–Trinajstić information content (AvgIpc) is 2.83. The van der Waals surface area contributed by atoms with Crippen molar-refractivity contribution in [2.24, 2.45) is 0 Å². The Morgan fingerprint density at radius 1 is 1.11 bits per heavy atom. The molecule has 0 spiro atoms. The van der Waals surface area contributed by atoms with Gasteiger partial charge < -0.3 is 9.47 Å². The number of benzene rings is 1. The van der Waals surface area contributed by atoms with Gasteiger partial charge in [0, 0.05) is 30.4 Å². The summed E-state index contributed by atoms with van der Waals surface area (Å²) in [4.78, 5) is 25.0. The number of aromatic nitrogens is 3. The summed E-state index contributed by atoms with van der Waals surface area (Å²) in [7, 11) is 0. The van der Waals surface area contributed by atoms with Crippen molar-refractivity contribution in [3.05, 3.63) is 53.5 Å². The zero-order chi connectivity index (χ0) is 19.0. The first-order chi connectivity index (χ1) is 13.1. The average molecular weight is 362 g/mol. The molecule has 4 rings (SSSR count). The number of para-hydroxylation sites is 1. The predicted molar refractivity (Wildman–Crippen MR) is 108 cm³/mol. The number of nitrogens with zero attached hydrogens (tertiary/aromatic N) is 4. The van der Waals surface area contributed by atoms with Crippen molar-refractivity contribution in [3.8, 4) is 0 Å². The Kier molecular flexibility index (Phi) is 4.68. The van der Waals surface area contributed by atoms with Gasteiger partial charge in [0.2, 0.25) is 0 Å². The lowest BCUT2D eigenvalue weighted by Crippen LogP contribution is -2.37. The summed E-state index contributed by atoms with van der Waals surface area (Å²) in [6, 6.07) is 11.8. The Bertz CT molecular complexity index is 975. The third kappa shape index (κ3) is 3.22. The lowest BCUT2D eigenvalue weighted by atomic mass is 10.1. The molecule has 2 aromatic heterocycles. The molecule has 0 atom stereocenters. The molecule has 0 aliphatic carbocycles. The maximum atomic E-state index is 13.6. The summed E-state index contributed by atoms with van der Waals surface area (Å²) < 4.78 is 2.22. The van der Waals surface area contributed by atoms with Crippen LogP contribution in [0.3, 0.4) is 0 Å². The van der Waals surface area contributed by atoms with Crippen LogP contribution in [0, 0.1) is 6.92 Å². The van der Waals surface area contributed by atoms with E-state index in [-0.39, 0.29) is 11.9 Å². The van der Waals surface area contributed by atoms with Crippen molar-refractivity contribution in [3.63, 3.8) is 0 Å². The number of hydrogen-bond donors (Lipinski definition) is 0. The molecule has 0 N–H and O–H groups in total. The van der Waals surface area contributed by atoms with E-state index in [0.29, 0.717) is 5.56 Å². The molecule has 0 saturated heterocycles. The van der Waals surface area contributed by atoms with Gasteiger partial charge in [-0.2, -0.15) is 0 Å². The first-order valence-electron chi connectivity index (χ1n) is 9.81.